The van der Waals surface area contributed by atoms with Gasteiger partial charge in [-0.2, -0.15) is 0 Å². The number of allylic oxidation sites excluding steroid dienone is 3. The zero-order chi connectivity index (χ0) is 20.7. The Bertz CT molecular complexity index is 959. The van der Waals surface area contributed by atoms with Gasteiger partial charge in [0, 0.05) is 12.5 Å². The van der Waals surface area contributed by atoms with Crippen LogP contribution in [0.15, 0.2) is 40.4 Å². The van der Waals surface area contributed by atoms with E-state index in [0.717, 1.165) is 50.6 Å². The summed E-state index contributed by atoms with van der Waals surface area (Å²) in [6.07, 6.45) is 3.73. The molecule has 1 N–H and O–H groups in total. The van der Waals surface area contributed by atoms with Crippen molar-refractivity contribution in [1.82, 2.24) is 14.8 Å². The molecule has 1 unspecified atom stereocenters. The molecule has 3 atom stereocenters. The van der Waals surface area contributed by atoms with Crippen LogP contribution in [0.2, 0.25) is 0 Å². The second-order valence-corrected chi connectivity index (χ2v) is 10.7. The van der Waals surface area contributed by atoms with Crippen molar-refractivity contribution >= 4 is 31.7 Å². The van der Waals surface area contributed by atoms with Gasteiger partial charge in [-0.15, -0.1) is 0 Å². The standard InChI is InChI=1S/C20H22F2N3O3.Tl/c1-12-17-8-18(26)15(10-24(17)11-19-25(12)5-2-6-28-19)20(27)23-9-13-3-4-14(21)7-16(13)22;/h5,7-8,10,12,19H,2-4,6,9,11H2,1H3,(H,23,27);/t12?,19-;/m0./s1. The minimum absolute atomic E-state index is 0.0213. The molecule has 3 heterocycles. The number of pyridine rings is 1. The molecule has 0 radical (unpaired) electrons. The van der Waals surface area contributed by atoms with Crippen LogP contribution in [0.4, 0.5) is 8.78 Å². The van der Waals surface area contributed by atoms with E-state index in [1.54, 1.807) is 6.20 Å². The Morgan fingerprint density at radius 3 is 2.93 bits per heavy atom. The van der Waals surface area contributed by atoms with Crippen LogP contribution in [0.5, 0.6) is 0 Å². The molecule has 1 aromatic heterocycles. The zero-order valence-electron chi connectivity index (χ0n) is 16.2. The fraction of sp³-hybridized carbons (Fsp3) is 0.500. The summed E-state index contributed by atoms with van der Waals surface area (Å²) in [4.78, 5) is 27.5. The van der Waals surface area contributed by atoms with Gasteiger partial charge in [0.2, 0.25) is 0 Å². The number of fused-ring (bicyclic) bond motifs is 2. The number of hydrogen-bond donors (Lipinski definition) is 1. The summed E-state index contributed by atoms with van der Waals surface area (Å²) in [6.45, 7) is 3.31. The summed E-state index contributed by atoms with van der Waals surface area (Å²) in [5.74, 6) is -1.71. The molecule has 29 heavy (non-hydrogen) atoms. The molecule has 1 aromatic rings. The molecule has 1 fully saturated rings. The molecule has 4 rings (SSSR count). The quantitative estimate of drug-likeness (QED) is 0.545. The predicted octanol–water partition coefficient (Wildman–Crippen LogP) is 2.07. The number of carbonyl (C=O) groups is 1. The molecule has 3 aliphatic rings. The third-order valence-corrected chi connectivity index (χ3v) is 8.46. The Morgan fingerprint density at radius 2 is 2.17 bits per heavy atom. The van der Waals surface area contributed by atoms with Gasteiger partial charge in [0.1, 0.15) is 5.83 Å². The van der Waals surface area contributed by atoms with E-state index in [4.69, 9.17) is 4.74 Å². The molecule has 0 aromatic carbocycles. The fourth-order valence-electron chi connectivity index (χ4n) is 4.21. The topological polar surface area (TPSA) is 63.6 Å². The van der Waals surface area contributed by atoms with Gasteiger partial charge in [0.15, 0.2) is 0 Å². The molecule has 152 valence electrons. The van der Waals surface area contributed by atoms with Crippen LogP contribution < -0.4 is 10.7 Å². The van der Waals surface area contributed by atoms with E-state index >= 15 is 0 Å². The number of rotatable bonds is 3. The SMILES string of the molecule is CC1c2cc(=O)c(C(=O)NCC3=C(F)C=C(F)CC3)cn2C[C@@H]2OCC[C@@H]([Tl])N12. The van der Waals surface area contributed by atoms with Gasteiger partial charge < -0.3 is 0 Å². The van der Waals surface area contributed by atoms with Crippen LogP contribution in [0, 0.1) is 0 Å². The summed E-state index contributed by atoms with van der Waals surface area (Å²) in [7, 11) is 0. The summed E-state index contributed by atoms with van der Waals surface area (Å²) < 4.78 is 35.3. The number of nitrogens with one attached hydrogen (secondary N) is 1. The Balaban J connectivity index is 1.55. The molecule has 0 saturated carbocycles. The van der Waals surface area contributed by atoms with Gasteiger partial charge in [-0.1, -0.05) is 0 Å². The van der Waals surface area contributed by atoms with Crippen molar-refractivity contribution in [2.75, 3.05) is 13.2 Å². The van der Waals surface area contributed by atoms with E-state index in [1.807, 2.05) is 4.57 Å². The first-order valence-electron chi connectivity index (χ1n) is 9.76. The minimum atomic E-state index is -0.655. The van der Waals surface area contributed by atoms with Crippen LogP contribution in [-0.2, 0) is 11.3 Å². The summed E-state index contributed by atoms with van der Waals surface area (Å²) in [5, 5.41) is 2.60. The Morgan fingerprint density at radius 1 is 1.38 bits per heavy atom. The third-order valence-electron chi connectivity index (χ3n) is 5.82. The van der Waals surface area contributed by atoms with Crippen molar-refractivity contribution in [1.29, 1.82) is 0 Å². The molecule has 2 aliphatic heterocycles. The number of nitrogens with zero attached hydrogens (tertiary/aromatic N) is 2. The van der Waals surface area contributed by atoms with E-state index in [2.05, 4.69) is 17.1 Å². The van der Waals surface area contributed by atoms with E-state index in [0.29, 0.717) is 15.7 Å². The monoisotopic (exact) mass is 595 g/mol. The summed E-state index contributed by atoms with van der Waals surface area (Å²) in [5.41, 5.74) is 0.874. The molecule has 1 saturated heterocycles. The number of aromatic nitrogens is 1. The molecule has 0 spiro atoms. The average molecular weight is 595 g/mol. The predicted molar refractivity (Wildman–Crippen MR) is 104 cm³/mol. The first kappa shape index (κ1) is 20.9. The van der Waals surface area contributed by atoms with Crippen molar-refractivity contribution in [3.05, 3.63) is 57.0 Å². The number of ether oxygens (including phenoxy) is 1. The number of amides is 1. The van der Waals surface area contributed by atoms with Gasteiger partial charge in [-0.25, -0.2) is 8.78 Å². The maximum absolute atomic E-state index is 13.8. The average Bonchev–Trinajstić information content (AvgIpc) is 2.67. The number of halogens is 2. The second kappa shape index (κ2) is 8.38. The molecular weight excluding hydrogens is 573 g/mol. The van der Waals surface area contributed by atoms with E-state index in [1.165, 1.54) is 6.07 Å². The maximum atomic E-state index is 13.8. The van der Waals surface area contributed by atoms with E-state index in [-0.39, 0.29) is 42.6 Å². The van der Waals surface area contributed by atoms with Gasteiger partial charge >= 0.3 is 156 Å². The Kier molecular flexibility index (Phi) is 6.03. The summed E-state index contributed by atoms with van der Waals surface area (Å²) >= 11 is 0.801. The van der Waals surface area contributed by atoms with E-state index in [9.17, 15) is 18.4 Å². The Labute approximate surface area is 183 Å². The van der Waals surface area contributed by atoms with Crippen LogP contribution >= 0.6 is 0 Å². The van der Waals surface area contributed by atoms with Crippen molar-refractivity contribution in [2.24, 2.45) is 0 Å². The molecule has 1 aliphatic carbocycles. The van der Waals surface area contributed by atoms with Crippen LogP contribution in [-0.4, -0.2) is 64.1 Å². The Hall–Kier alpha value is -1.40. The van der Waals surface area contributed by atoms with Gasteiger partial charge in [-0.3, -0.25) is 0 Å². The van der Waals surface area contributed by atoms with Gasteiger partial charge in [0.25, 0.3) is 0 Å². The molecule has 1 amide bonds. The zero-order valence-corrected chi connectivity index (χ0v) is 20.6. The summed E-state index contributed by atoms with van der Waals surface area (Å²) in [6, 6.07) is 1.57. The molecular formula is C20H22F2N3O3Tl. The van der Waals surface area contributed by atoms with Crippen molar-refractivity contribution < 1.29 is 18.3 Å². The number of carbonyl (C=O) groups excluding carboxylic acids is 1. The fourth-order valence-corrected chi connectivity index (χ4v) is 6.49. The molecule has 9 heteroatoms. The van der Waals surface area contributed by atoms with Crippen molar-refractivity contribution in [3.63, 3.8) is 0 Å². The van der Waals surface area contributed by atoms with Gasteiger partial charge in [-0.05, 0) is 0 Å². The first-order valence-corrected chi connectivity index (χ1v) is 12.3. The van der Waals surface area contributed by atoms with Crippen molar-refractivity contribution in [2.45, 2.75) is 48.6 Å². The van der Waals surface area contributed by atoms with Crippen LogP contribution in [0.1, 0.15) is 48.3 Å². The van der Waals surface area contributed by atoms with Crippen LogP contribution in [0.3, 0.4) is 0 Å². The van der Waals surface area contributed by atoms with E-state index < -0.39 is 17.6 Å². The van der Waals surface area contributed by atoms with Gasteiger partial charge in [0.05, 0.1) is 0 Å². The third kappa shape index (κ3) is 4.11. The first-order chi connectivity index (χ1) is 13.8. The molecule has 0 bridgehead atoms. The second-order valence-electron chi connectivity index (χ2n) is 7.66. The number of hydrogen-bond acceptors (Lipinski definition) is 4. The normalized spacial score (nSPS) is 27.1. The molecule has 6 nitrogen and oxygen atoms in total. The van der Waals surface area contributed by atoms with Crippen LogP contribution in [0.25, 0.3) is 0 Å². The van der Waals surface area contributed by atoms with Crippen molar-refractivity contribution in [3.8, 4) is 0 Å².